The van der Waals surface area contributed by atoms with Crippen molar-refractivity contribution >= 4 is 17.7 Å². The first-order valence-corrected chi connectivity index (χ1v) is 6.52. The summed E-state index contributed by atoms with van der Waals surface area (Å²) in [5, 5.41) is 14.2. The SMILES string of the molecule is CC(C)(C)NS(=O)(=O)c1ccccc1.OBO. The Bertz CT molecular complexity index is 414. The van der Waals surface area contributed by atoms with Crippen molar-refractivity contribution < 1.29 is 18.5 Å². The van der Waals surface area contributed by atoms with E-state index >= 15 is 0 Å². The molecule has 0 radical (unpaired) electrons. The van der Waals surface area contributed by atoms with Crippen LogP contribution < -0.4 is 4.72 Å². The van der Waals surface area contributed by atoms with Crippen molar-refractivity contribution in [2.24, 2.45) is 0 Å². The summed E-state index contributed by atoms with van der Waals surface area (Å²) in [5.41, 5.74) is -0.450. The summed E-state index contributed by atoms with van der Waals surface area (Å²) in [4.78, 5) is 0.301. The third kappa shape index (κ3) is 7.12. The van der Waals surface area contributed by atoms with E-state index in [1.165, 1.54) is 0 Å². The maximum atomic E-state index is 11.7. The largest absolute Gasteiger partial charge is 0.432 e. The maximum absolute atomic E-state index is 11.7. The van der Waals surface area contributed by atoms with E-state index in [2.05, 4.69) is 4.72 Å². The highest BCUT2D eigenvalue weighted by Gasteiger charge is 2.21. The highest BCUT2D eigenvalue weighted by molar-refractivity contribution is 7.89. The third-order valence-corrected chi connectivity index (χ3v) is 3.27. The van der Waals surface area contributed by atoms with E-state index in [-0.39, 0.29) is 0 Å². The van der Waals surface area contributed by atoms with Crippen LogP contribution in [0.25, 0.3) is 0 Å². The van der Waals surface area contributed by atoms with Gasteiger partial charge in [0.2, 0.25) is 10.0 Å². The number of nitrogens with one attached hydrogen (secondary N) is 1. The molecule has 1 aromatic rings. The zero-order chi connectivity index (χ0) is 13.5. The minimum Gasteiger partial charge on any atom is -0.430 e. The molecule has 0 amide bonds. The molecule has 0 saturated carbocycles. The summed E-state index contributed by atoms with van der Waals surface area (Å²) in [5.74, 6) is 0. The second-order valence-corrected chi connectivity index (χ2v) is 5.99. The summed E-state index contributed by atoms with van der Waals surface area (Å²) in [6, 6.07) is 8.35. The first-order chi connectivity index (χ1) is 7.73. The first-order valence-electron chi connectivity index (χ1n) is 5.03. The molecule has 0 aliphatic heterocycles. The molecule has 0 saturated heterocycles. The van der Waals surface area contributed by atoms with Gasteiger partial charge >= 0.3 is 7.69 Å². The van der Waals surface area contributed by atoms with Gasteiger partial charge in [-0.05, 0) is 32.9 Å². The van der Waals surface area contributed by atoms with Gasteiger partial charge in [-0.25, -0.2) is 13.1 Å². The molecule has 0 spiro atoms. The fraction of sp³-hybridized carbons (Fsp3) is 0.400. The Hall–Kier alpha value is -0.885. The monoisotopic (exact) mass is 259 g/mol. The van der Waals surface area contributed by atoms with Crippen molar-refractivity contribution in [2.75, 3.05) is 0 Å². The maximum Gasteiger partial charge on any atom is 0.432 e. The Kier molecular flexibility index (Phi) is 6.40. The van der Waals surface area contributed by atoms with Gasteiger partial charge in [0.1, 0.15) is 0 Å². The van der Waals surface area contributed by atoms with E-state index < -0.39 is 23.2 Å². The lowest BCUT2D eigenvalue weighted by atomic mass is 10.1. The van der Waals surface area contributed by atoms with Crippen LogP contribution in [-0.2, 0) is 10.0 Å². The Morgan fingerprint density at radius 3 is 1.88 bits per heavy atom. The smallest absolute Gasteiger partial charge is 0.430 e. The fourth-order valence-electron chi connectivity index (χ4n) is 1.06. The molecule has 1 rings (SSSR count). The van der Waals surface area contributed by atoms with Crippen molar-refractivity contribution in [1.82, 2.24) is 4.72 Å². The van der Waals surface area contributed by atoms with Gasteiger partial charge in [-0.1, -0.05) is 18.2 Å². The summed E-state index contributed by atoms with van der Waals surface area (Å²) < 4.78 is 26.1. The zero-order valence-corrected chi connectivity index (χ0v) is 11.0. The highest BCUT2D eigenvalue weighted by atomic mass is 32.2. The number of hydrogen-bond acceptors (Lipinski definition) is 4. The number of sulfonamides is 1. The summed E-state index contributed by atoms with van der Waals surface area (Å²) in [6.07, 6.45) is 0. The topological polar surface area (TPSA) is 86.6 Å². The van der Waals surface area contributed by atoms with Crippen LogP contribution in [0.2, 0.25) is 0 Å². The van der Waals surface area contributed by atoms with Crippen LogP contribution in [0.15, 0.2) is 35.2 Å². The molecule has 1 aromatic carbocycles. The summed E-state index contributed by atoms with van der Waals surface area (Å²) >= 11 is 0. The molecule has 0 aliphatic rings. The average Bonchev–Trinajstić information content (AvgIpc) is 2.16. The average molecular weight is 259 g/mol. The summed E-state index contributed by atoms with van der Waals surface area (Å²) in [6.45, 7) is 5.44. The Morgan fingerprint density at radius 1 is 1.12 bits per heavy atom. The van der Waals surface area contributed by atoms with Gasteiger partial charge in [-0.2, -0.15) is 0 Å². The quantitative estimate of drug-likeness (QED) is 0.652. The van der Waals surface area contributed by atoms with E-state index in [1.807, 2.05) is 20.8 Å². The number of benzene rings is 1. The molecule has 3 N–H and O–H groups in total. The van der Waals surface area contributed by atoms with Gasteiger partial charge in [0, 0.05) is 5.54 Å². The van der Waals surface area contributed by atoms with E-state index in [1.54, 1.807) is 30.3 Å². The van der Waals surface area contributed by atoms with Crippen LogP contribution in [0.5, 0.6) is 0 Å². The van der Waals surface area contributed by atoms with E-state index in [0.717, 1.165) is 0 Å². The van der Waals surface area contributed by atoms with Crippen molar-refractivity contribution in [3.8, 4) is 0 Å². The molecule has 0 aromatic heterocycles. The van der Waals surface area contributed by atoms with Crippen LogP contribution in [0.3, 0.4) is 0 Å². The van der Waals surface area contributed by atoms with E-state index in [0.29, 0.717) is 4.90 Å². The van der Waals surface area contributed by atoms with E-state index in [4.69, 9.17) is 10.0 Å². The minimum atomic E-state index is -3.37. The molecular formula is C10H18BNO4S. The van der Waals surface area contributed by atoms with Gasteiger partial charge in [-0.15, -0.1) is 0 Å². The van der Waals surface area contributed by atoms with E-state index in [9.17, 15) is 8.42 Å². The Balaban J connectivity index is 0.000000770. The van der Waals surface area contributed by atoms with Crippen LogP contribution in [-0.4, -0.2) is 31.7 Å². The van der Waals surface area contributed by atoms with Gasteiger partial charge < -0.3 is 10.0 Å². The van der Waals surface area contributed by atoms with Crippen LogP contribution in [0, 0.1) is 0 Å². The summed E-state index contributed by atoms with van der Waals surface area (Å²) in [7, 11) is -4.12. The molecule has 0 atom stereocenters. The molecule has 7 heteroatoms. The molecule has 0 aliphatic carbocycles. The van der Waals surface area contributed by atoms with Crippen molar-refractivity contribution in [2.45, 2.75) is 31.2 Å². The number of rotatable bonds is 2. The highest BCUT2D eigenvalue weighted by Crippen LogP contribution is 2.11. The zero-order valence-electron chi connectivity index (χ0n) is 10.2. The predicted octanol–water partition coefficient (Wildman–Crippen LogP) is 0.000900. The molecule has 5 nitrogen and oxygen atoms in total. The first kappa shape index (κ1) is 16.1. The number of hydrogen-bond donors (Lipinski definition) is 3. The van der Waals surface area contributed by atoms with Gasteiger partial charge in [-0.3, -0.25) is 0 Å². The molecular weight excluding hydrogens is 241 g/mol. The van der Waals surface area contributed by atoms with Gasteiger partial charge in [0.05, 0.1) is 4.90 Å². The van der Waals surface area contributed by atoms with Gasteiger partial charge in [0.15, 0.2) is 0 Å². The molecule has 0 fully saturated rings. The Labute approximate surface area is 103 Å². The molecule has 0 bridgehead atoms. The lowest BCUT2D eigenvalue weighted by Crippen LogP contribution is -2.40. The molecule has 17 heavy (non-hydrogen) atoms. The lowest BCUT2D eigenvalue weighted by Gasteiger charge is -2.20. The third-order valence-electron chi connectivity index (χ3n) is 1.49. The molecule has 96 valence electrons. The van der Waals surface area contributed by atoms with Crippen molar-refractivity contribution in [3.05, 3.63) is 30.3 Å². The normalized spacial score (nSPS) is 11.4. The van der Waals surface area contributed by atoms with Gasteiger partial charge in [0.25, 0.3) is 0 Å². The lowest BCUT2D eigenvalue weighted by molar-refractivity contribution is 0.448. The second kappa shape index (κ2) is 6.75. The van der Waals surface area contributed by atoms with Crippen molar-refractivity contribution in [3.63, 3.8) is 0 Å². The Morgan fingerprint density at radius 2 is 1.53 bits per heavy atom. The predicted molar refractivity (Wildman–Crippen MR) is 68.1 cm³/mol. The molecule has 0 unspecified atom stereocenters. The minimum absolute atomic E-state index is 0.301. The van der Waals surface area contributed by atoms with Crippen LogP contribution in [0.1, 0.15) is 20.8 Å². The fourth-order valence-corrected chi connectivity index (χ4v) is 2.50. The molecule has 0 heterocycles. The van der Waals surface area contributed by atoms with Crippen molar-refractivity contribution in [1.29, 1.82) is 0 Å². The van der Waals surface area contributed by atoms with Crippen LogP contribution in [0.4, 0.5) is 0 Å². The van der Waals surface area contributed by atoms with Crippen LogP contribution >= 0.6 is 0 Å². The standard InChI is InChI=1S/C10H15NO2S.BH3O2/c1-10(2,3)11-14(12,13)9-7-5-4-6-8-9;2-1-3/h4-8,11H,1-3H3;1-3H. The second-order valence-electron chi connectivity index (χ2n) is 4.31.